The van der Waals surface area contributed by atoms with E-state index in [0.717, 1.165) is 25.9 Å². The smallest absolute Gasteiger partial charge is 0.319 e. The van der Waals surface area contributed by atoms with Crippen LogP contribution in [0.15, 0.2) is 12.7 Å². The van der Waals surface area contributed by atoms with Gasteiger partial charge in [-0.1, -0.05) is 0 Å². The lowest BCUT2D eigenvalue weighted by atomic mass is 9.95. The molecule has 0 saturated carbocycles. The molecule has 1 unspecified atom stereocenters. The molecule has 0 bridgehead atoms. The van der Waals surface area contributed by atoms with E-state index in [-0.39, 0.29) is 23.9 Å². The number of nitrogens with one attached hydrogen (secondary N) is 1. The van der Waals surface area contributed by atoms with E-state index in [2.05, 4.69) is 15.4 Å². The third-order valence-corrected chi connectivity index (χ3v) is 4.49. The van der Waals surface area contributed by atoms with Crippen LogP contribution in [0.3, 0.4) is 0 Å². The second-order valence-corrected chi connectivity index (χ2v) is 6.24. The van der Waals surface area contributed by atoms with Gasteiger partial charge in [0.1, 0.15) is 12.7 Å². The van der Waals surface area contributed by atoms with Crippen molar-refractivity contribution in [3.8, 4) is 0 Å². The topological polar surface area (TPSA) is 83.4 Å². The van der Waals surface area contributed by atoms with Gasteiger partial charge in [0.25, 0.3) is 0 Å². The van der Waals surface area contributed by atoms with Crippen molar-refractivity contribution in [1.29, 1.82) is 0 Å². The monoisotopic (exact) mass is 336 g/mol. The lowest BCUT2D eigenvalue weighted by Gasteiger charge is -2.35. The van der Waals surface area contributed by atoms with E-state index in [9.17, 15) is 9.59 Å². The highest BCUT2D eigenvalue weighted by Crippen LogP contribution is 2.18. The minimum atomic E-state index is -0.0241. The van der Waals surface area contributed by atoms with Gasteiger partial charge in [0.2, 0.25) is 5.91 Å². The molecule has 0 radical (unpaired) electrons. The van der Waals surface area contributed by atoms with Crippen LogP contribution in [0.5, 0.6) is 0 Å². The fourth-order valence-electron chi connectivity index (χ4n) is 3.04. The molecule has 8 heteroatoms. The van der Waals surface area contributed by atoms with Crippen LogP contribution in [-0.4, -0.2) is 68.7 Å². The summed E-state index contributed by atoms with van der Waals surface area (Å²) in [6, 6.07) is 0.0768. The predicted octanol–water partition coefficient (Wildman–Crippen LogP) is 0.957. The number of urea groups is 1. The van der Waals surface area contributed by atoms with Crippen LogP contribution in [-0.2, 0) is 11.3 Å². The third kappa shape index (κ3) is 4.69. The SMILES string of the molecule is CCN(CC)C(=O)N1CCC(C(=O)NC(C)Cn2cncn2)CC1. The molecular formula is C16H28N6O2. The highest BCUT2D eigenvalue weighted by molar-refractivity contribution is 5.80. The Balaban J connectivity index is 1.77. The van der Waals surface area contributed by atoms with Crippen LogP contribution in [0.2, 0.25) is 0 Å². The van der Waals surface area contributed by atoms with Gasteiger partial charge in [-0.05, 0) is 33.6 Å². The molecule has 0 spiro atoms. The van der Waals surface area contributed by atoms with Gasteiger partial charge in [-0.15, -0.1) is 0 Å². The van der Waals surface area contributed by atoms with Crippen LogP contribution >= 0.6 is 0 Å². The molecule has 2 rings (SSSR count). The second-order valence-electron chi connectivity index (χ2n) is 6.24. The minimum absolute atomic E-state index is 0.00506. The normalized spacial score (nSPS) is 16.7. The number of hydrogen-bond donors (Lipinski definition) is 1. The predicted molar refractivity (Wildman–Crippen MR) is 90.2 cm³/mol. The summed E-state index contributed by atoms with van der Waals surface area (Å²) in [6.07, 6.45) is 4.56. The van der Waals surface area contributed by atoms with Crippen LogP contribution in [0.25, 0.3) is 0 Å². The lowest BCUT2D eigenvalue weighted by molar-refractivity contribution is -0.127. The number of likely N-dealkylation sites (tertiary alicyclic amines) is 1. The molecule has 2 heterocycles. The van der Waals surface area contributed by atoms with Crippen molar-refractivity contribution >= 4 is 11.9 Å². The Morgan fingerprint density at radius 2 is 1.96 bits per heavy atom. The summed E-state index contributed by atoms with van der Waals surface area (Å²) in [7, 11) is 0. The number of piperidine rings is 1. The zero-order valence-electron chi connectivity index (χ0n) is 14.8. The van der Waals surface area contributed by atoms with E-state index in [0.29, 0.717) is 19.6 Å². The minimum Gasteiger partial charge on any atom is -0.352 e. The van der Waals surface area contributed by atoms with Gasteiger partial charge in [0.15, 0.2) is 0 Å². The van der Waals surface area contributed by atoms with Crippen molar-refractivity contribution in [3.05, 3.63) is 12.7 Å². The Morgan fingerprint density at radius 1 is 1.29 bits per heavy atom. The molecule has 0 aliphatic carbocycles. The molecule has 3 amide bonds. The molecule has 1 aromatic heterocycles. The van der Waals surface area contributed by atoms with E-state index >= 15 is 0 Å². The molecule has 0 aromatic carbocycles. The molecule has 1 aliphatic heterocycles. The molecular weight excluding hydrogens is 308 g/mol. The molecule has 134 valence electrons. The standard InChI is InChI=1S/C16H28N6O2/c1-4-20(5-2)16(24)21-8-6-14(7-9-21)15(23)19-13(3)10-22-12-17-11-18-22/h11-14H,4-10H2,1-3H3,(H,19,23). The first kappa shape index (κ1) is 18.2. The fourth-order valence-corrected chi connectivity index (χ4v) is 3.04. The van der Waals surface area contributed by atoms with E-state index in [1.54, 1.807) is 11.0 Å². The lowest BCUT2D eigenvalue weighted by Crippen LogP contribution is -2.49. The van der Waals surface area contributed by atoms with Gasteiger partial charge in [-0.3, -0.25) is 9.48 Å². The van der Waals surface area contributed by atoms with Gasteiger partial charge >= 0.3 is 6.03 Å². The van der Waals surface area contributed by atoms with Gasteiger partial charge in [-0.25, -0.2) is 9.78 Å². The summed E-state index contributed by atoms with van der Waals surface area (Å²) in [5.74, 6) is 0.0431. The van der Waals surface area contributed by atoms with E-state index in [1.807, 2.05) is 30.6 Å². The van der Waals surface area contributed by atoms with Crippen molar-refractivity contribution in [2.75, 3.05) is 26.2 Å². The van der Waals surface area contributed by atoms with Crippen LogP contribution < -0.4 is 5.32 Å². The number of hydrogen-bond acceptors (Lipinski definition) is 4. The molecule has 1 aromatic rings. The second kappa shape index (κ2) is 8.65. The zero-order valence-corrected chi connectivity index (χ0v) is 14.8. The molecule has 1 aliphatic rings. The maximum Gasteiger partial charge on any atom is 0.319 e. The Bertz CT molecular complexity index is 521. The van der Waals surface area contributed by atoms with Crippen molar-refractivity contribution in [2.24, 2.45) is 5.92 Å². The molecule has 1 atom stereocenters. The maximum absolute atomic E-state index is 12.4. The number of amides is 3. The van der Waals surface area contributed by atoms with Crippen molar-refractivity contribution < 1.29 is 9.59 Å². The first-order valence-corrected chi connectivity index (χ1v) is 8.71. The summed E-state index contributed by atoms with van der Waals surface area (Å²) in [5, 5.41) is 7.08. The quantitative estimate of drug-likeness (QED) is 0.838. The fraction of sp³-hybridized carbons (Fsp3) is 0.750. The van der Waals surface area contributed by atoms with Crippen LogP contribution in [0, 0.1) is 5.92 Å². The number of rotatable bonds is 6. The average Bonchev–Trinajstić information content (AvgIpc) is 3.08. The summed E-state index contributed by atoms with van der Waals surface area (Å²) in [4.78, 5) is 32.3. The Hall–Kier alpha value is -2.12. The summed E-state index contributed by atoms with van der Waals surface area (Å²) in [6.45, 7) is 9.25. The highest BCUT2D eigenvalue weighted by atomic mass is 16.2. The number of aromatic nitrogens is 3. The largest absolute Gasteiger partial charge is 0.352 e. The third-order valence-electron chi connectivity index (χ3n) is 4.49. The molecule has 24 heavy (non-hydrogen) atoms. The number of carbonyl (C=O) groups is 2. The Morgan fingerprint density at radius 3 is 2.50 bits per heavy atom. The van der Waals surface area contributed by atoms with Gasteiger partial charge < -0.3 is 15.1 Å². The van der Waals surface area contributed by atoms with E-state index in [4.69, 9.17) is 0 Å². The van der Waals surface area contributed by atoms with Gasteiger partial charge in [0.05, 0.1) is 6.54 Å². The molecule has 1 fully saturated rings. The Labute approximate surface area is 143 Å². The molecule has 1 saturated heterocycles. The van der Waals surface area contributed by atoms with Gasteiger partial charge in [0, 0.05) is 38.1 Å². The van der Waals surface area contributed by atoms with Gasteiger partial charge in [-0.2, -0.15) is 5.10 Å². The number of nitrogens with zero attached hydrogens (tertiary/aromatic N) is 5. The van der Waals surface area contributed by atoms with Crippen LogP contribution in [0.4, 0.5) is 4.79 Å². The molecule has 8 nitrogen and oxygen atoms in total. The maximum atomic E-state index is 12.4. The molecule has 1 N–H and O–H groups in total. The first-order valence-electron chi connectivity index (χ1n) is 8.71. The highest BCUT2D eigenvalue weighted by Gasteiger charge is 2.29. The van der Waals surface area contributed by atoms with E-state index in [1.165, 1.54) is 6.33 Å². The van der Waals surface area contributed by atoms with E-state index < -0.39 is 0 Å². The first-order chi connectivity index (χ1) is 11.5. The number of carbonyl (C=O) groups excluding carboxylic acids is 2. The summed E-state index contributed by atoms with van der Waals surface area (Å²) in [5.41, 5.74) is 0. The van der Waals surface area contributed by atoms with Crippen molar-refractivity contribution in [1.82, 2.24) is 29.9 Å². The summed E-state index contributed by atoms with van der Waals surface area (Å²) >= 11 is 0. The van der Waals surface area contributed by atoms with Crippen LogP contribution in [0.1, 0.15) is 33.6 Å². The Kier molecular flexibility index (Phi) is 6.57. The van der Waals surface area contributed by atoms with Crippen molar-refractivity contribution in [2.45, 2.75) is 46.2 Å². The van der Waals surface area contributed by atoms with Crippen molar-refractivity contribution in [3.63, 3.8) is 0 Å². The average molecular weight is 336 g/mol. The summed E-state index contributed by atoms with van der Waals surface area (Å²) < 4.78 is 1.70. The zero-order chi connectivity index (χ0) is 17.5.